The minimum absolute atomic E-state index is 0.0670. The van der Waals surface area contributed by atoms with E-state index in [0.717, 1.165) is 0 Å². The van der Waals surface area contributed by atoms with Crippen LogP contribution < -0.4 is 5.56 Å². The summed E-state index contributed by atoms with van der Waals surface area (Å²) >= 11 is 0. The van der Waals surface area contributed by atoms with Gasteiger partial charge in [0, 0.05) is 17.8 Å². The van der Waals surface area contributed by atoms with Gasteiger partial charge in [0.15, 0.2) is 5.58 Å². The van der Waals surface area contributed by atoms with Gasteiger partial charge in [-0.15, -0.1) is 0 Å². The van der Waals surface area contributed by atoms with Gasteiger partial charge in [0.2, 0.25) is 11.4 Å². The standard InChI is InChI=1S/C13H8N2O4/c16-10-6-7(4-5-14-10)12-15-11-8(13(17)18)2-1-3-9(11)19-12/h1-6H,(H,14,16)(H,17,18). The van der Waals surface area contributed by atoms with Crippen LogP contribution >= 0.6 is 0 Å². The van der Waals surface area contributed by atoms with Gasteiger partial charge >= 0.3 is 5.97 Å². The number of fused-ring (bicyclic) bond motifs is 1. The van der Waals surface area contributed by atoms with Crippen molar-refractivity contribution in [2.45, 2.75) is 0 Å². The number of rotatable bonds is 2. The van der Waals surface area contributed by atoms with Crippen molar-refractivity contribution >= 4 is 17.1 Å². The number of oxazole rings is 1. The smallest absolute Gasteiger partial charge is 0.338 e. The minimum atomic E-state index is -1.07. The fourth-order valence-corrected chi connectivity index (χ4v) is 1.82. The van der Waals surface area contributed by atoms with Crippen LogP contribution in [0, 0.1) is 0 Å². The Labute approximate surface area is 106 Å². The molecule has 0 bridgehead atoms. The van der Waals surface area contributed by atoms with E-state index >= 15 is 0 Å². The number of hydrogen-bond donors (Lipinski definition) is 2. The third-order valence-corrected chi connectivity index (χ3v) is 2.67. The van der Waals surface area contributed by atoms with Gasteiger partial charge in [0.25, 0.3) is 0 Å². The highest BCUT2D eigenvalue weighted by Crippen LogP contribution is 2.25. The largest absolute Gasteiger partial charge is 0.478 e. The number of benzene rings is 1. The van der Waals surface area contributed by atoms with Gasteiger partial charge < -0.3 is 14.5 Å². The van der Waals surface area contributed by atoms with E-state index in [1.807, 2.05) is 0 Å². The molecule has 0 aliphatic carbocycles. The normalized spacial score (nSPS) is 10.7. The zero-order valence-electron chi connectivity index (χ0n) is 9.58. The maximum atomic E-state index is 11.2. The molecule has 1 aromatic carbocycles. The van der Waals surface area contributed by atoms with Crippen molar-refractivity contribution in [1.29, 1.82) is 0 Å². The molecule has 0 fully saturated rings. The molecule has 2 heterocycles. The predicted molar refractivity (Wildman–Crippen MR) is 67.0 cm³/mol. The maximum absolute atomic E-state index is 11.2. The fourth-order valence-electron chi connectivity index (χ4n) is 1.82. The van der Waals surface area contributed by atoms with Crippen LogP contribution in [0.25, 0.3) is 22.6 Å². The number of nitrogens with one attached hydrogen (secondary N) is 1. The van der Waals surface area contributed by atoms with Gasteiger partial charge in [0.05, 0.1) is 5.56 Å². The van der Waals surface area contributed by atoms with Crippen LogP contribution in [0.2, 0.25) is 0 Å². The Morgan fingerprint density at radius 3 is 2.89 bits per heavy atom. The zero-order valence-corrected chi connectivity index (χ0v) is 9.58. The van der Waals surface area contributed by atoms with Crippen molar-refractivity contribution in [1.82, 2.24) is 9.97 Å². The Morgan fingerprint density at radius 1 is 1.32 bits per heavy atom. The van der Waals surface area contributed by atoms with E-state index in [-0.39, 0.29) is 22.5 Å². The van der Waals surface area contributed by atoms with E-state index < -0.39 is 5.97 Å². The van der Waals surface area contributed by atoms with Crippen LogP contribution in [0.15, 0.2) is 45.7 Å². The summed E-state index contributed by atoms with van der Waals surface area (Å²) in [5, 5.41) is 9.07. The molecule has 19 heavy (non-hydrogen) atoms. The Hall–Kier alpha value is -2.89. The van der Waals surface area contributed by atoms with Gasteiger partial charge in [0.1, 0.15) is 5.52 Å². The first-order valence-corrected chi connectivity index (χ1v) is 5.47. The Balaban J connectivity index is 2.25. The molecule has 6 nitrogen and oxygen atoms in total. The van der Waals surface area contributed by atoms with E-state index in [1.165, 1.54) is 18.3 Å². The summed E-state index contributed by atoms with van der Waals surface area (Å²) in [4.78, 5) is 28.9. The van der Waals surface area contributed by atoms with Crippen molar-refractivity contribution in [3.8, 4) is 11.5 Å². The first-order chi connectivity index (χ1) is 9.15. The Kier molecular flexibility index (Phi) is 2.42. The van der Waals surface area contributed by atoms with Gasteiger partial charge in [-0.2, -0.15) is 0 Å². The van der Waals surface area contributed by atoms with Crippen molar-refractivity contribution in [2.75, 3.05) is 0 Å². The second-order valence-corrected chi connectivity index (χ2v) is 3.92. The quantitative estimate of drug-likeness (QED) is 0.729. The van der Waals surface area contributed by atoms with Gasteiger partial charge in [-0.05, 0) is 18.2 Å². The highest BCUT2D eigenvalue weighted by Gasteiger charge is 2.15. The number of para-hydroxylation sites is 1. The number of pyridine rings is 1. The number of H-pyrrole nitrogens is 1. The molecular formula is C13H8N2O4. The lowest BCUT2D eigenvalue weighted by molar-refractivity contribution is 0.0699. The van der Waals surface area contributed by atoms with Gasteiger partial charge in [-0.25, -0.2) is 9.78 Å². The van der Waals surface area contributed by atoms with E-state index in [0.29, 0.717) is 11.1 Å². The molecule has 94 valence electrons. The van der Waals surface area contributed by atoms with Crippen LogP contribution in [0.4, 0.5) is 0 Å². The molecule has 0 saturated heterocycles. The van der Waals surface area contributed by atoms with E-state index in [1.54, 1.807) is 18.2 Å². The second-order valence-electron chi connectivity index (χ2n) is 3.92. The van der Waals surface area contributed by atoms with Crippen molar-refractivity contribution in [3.63, 3.8) is 0 Å². The Morgan fingerprint density at radius 2 is 2.16 bits per heavy atom. The lowest BCUT2D eigenvalue weighted by atomic mass is 10.2. The average Bonchev–Trinajstić information content (AvgIpc) is 2.82. The molecule has 0 saturated carbocycles. The summed E-state index contributed by atoms with van der Waals surface area (Å²) in [5.74, 6) is -0.855. The summed E-state index contributed by atoms with van der Waals surface area (Å²) in [6.45, 7) is 0. The van der Waals surface area contributed by atoms with Crippen LogP contribution in [0.5, 0.6) is 0 Å². The lowest BCUT2D eigenvalue weighted by Crippen LogP contribution is -2.02. The summed E-state index contributed by atoms with van der Waals surface area (Å²) < 4.78 is 5.47. The molecule has 0 unspecified atom stereocenters. The van der Waals surface area contributed by atoms with Crippen LogP contribution in [0.1, 0.15) is 10.4 Å². The molecule has 2 N–H and O–H groups in total. The van der Waals surface area contributed by atoms with Gasteiger partial charge in [-0.3, -0.25) is 4.79 Å². The summed E-state index contributed by atoms with van der Waals surface area (Å²) in [5.41, 5.74) is 0.923. The molecule has 0 radical (unpaired) electrons. The van der Waals surface area contributed by atoms with Crippen molar-refractivity contribution < 1.29 is 14.3 Å². The fraction of sp³-hybridized carbons (Fsp3) is 0. The van der Waals surface area contributed by atoms with Crippen LogP contribution in [-0.4, -0.2) is 21.0 Å². The molecule has 0 spiro atoms. The van der Waals surface area contributed by atoms with Gasteiger partial charge in [-0.1, -0.05) is 6.07 Å². The Bertz CT molecular complexity index is 832. The zero-order chi connectivity index (χ0) is 13.4. The summed E-state index contributed by atoms with van der Waals surface area (Å²) in [6.07, 6.45) is 1.48. The number of carbonyl (C=O) groups is 1. The summed E-state index contributed by atoms with van der Waals surface area (Å²) in [7, 11) is 0. The topological polar surface area (TPSA) is 96.2 Å². The molecule has 0 aliphatic heterocycles. The minimum Gasteiger partial charge on any atom is -0.478 e. The SMILES string of the molecule is O=C(O)c1cccc2oc(-c3cc[nH]c(=O)c3)nc12. The molecule has 6 heteroatoms. The monoisotopic (exact) mass is 256 g/mol. The first-order valence-electron chi connectivity index (χ1n) is 5.47. The maximum Gasteiger partial charge on any atom is 0.338 e. The van der Waals surface area contributed by atoms with E-state index in [9.17, 15) is 9.59 Å². The molecule has 3 rings (SSSR count). The molecule has 0 atom stereocenters. The number of carboxylic acids is 1. The highest BCUT2D eigenvalue weighted by atomic mass is 16.4. The number of aromatic nitrogens is 2. The molecule has 2 aromatic heterocycles. The predicted octanol–water partition coefficient (Wildman–Crippen LogP) is 1.88. The molecule has 0 amide bonds. The van der Waals surface area contributed by atoms with Crippen LogP contribution in [0.3, 0.4) is 0 Å². The lowest BCUT2D eigenvalue weighted by Gasteiger charge is -1.92. The van der Waals surface area contributed by atoms with Crippen molar-refractivity contribution in [3.05, 3.63) is 52.4 Å². The third kappa shape index (κ3) is 1.89. The average molecular weight is 256 g/mol. The van der Waals surface area contributed by atoms with Crippen molar-refractivity contribution in [2.24, 2.45) is 0 Å². The first kappa shape index (κ1) is 11.2. The number of hydrogen-bond acceptors (Lipinski definition) is 4. The second kappa shape index (κ2) is 4.09. The number of aromatic amines is 1. The van der Waals surface area contributed by atoms with E-state index in [4.69, 9.17) is 9.52 Å². The summed E-state index contributed by atoms with van der Waals surface area (Å²) in [6, 6.07) is 7.64. The molecule has 3 aromatic rings. The molecular weight excluding hydrogens is 248 g/mol. The number of carboxylic acid groups (broad SMARTS) is 1. The molecule has 0 aliphatic rings. The van der Waals surface area contributed by atoms with Crippen LogP contribution in [-0.2, 0) is 0 Å². The third-order valence-electron chi connectivity index (χ3n) is 2.67. The number of aromatic carboxylic acids is 1. The van der Waals surface area contributed by atoms with E-state index in [2.05, 4.69) is 9.97 Å². The number of nitrogens with zero attached hydrogens (tertiary/aromatic N) is 1. The highest BCUT2D eigenvalue weighted by molar-refractivity contribution is 6.00.